The molecule has 0 aliphatic rings. The molecule has 0 radical (unpaired) electrons. The molecule has 2 heterocycles. The summed E-state index contributed by atoms with van der Waals surface area (Å²) in [5, 5.41) is 5.56. The number of aryl methyl sites for hydroxylation is 1. The Morgan fingerprint density at radius 3 is 2.59 bits per heavy atom. The highest BCUT2D eigenvalue weighted by Gasteiger charge is 2.16. The van der Waals surface area contributed by atoms with E-state index in [4.69, 9.17) is 9.47 Å². The number of benzene rings is 1. The molecule has 1 aromatic carbocycles. The van der Waals surface area contributed by atoms with Gasteiger partial charge in [-0.3, -0.25) is 4.79 Å². The molecule has 0 fully saturated rings. The van der Waals surface area contributed by atoms with Crippen LogP contribution in [0, 0.1) is 6.92 Å². The third-order valence-electron chi connectivity index (χ3n) is 4.47. The lowest BCUT2D eigenvalue weighted by atomic mass is 10.1. The Balaban J connectivity index is 1.82. The predicted molar refractivity (Wildman–Crippen MR) is 113 cm³/mol. The lowest BCUT2D eigenvalue weighted by Gasteiger charge is -2.10. The molecule has 7 heteroatoms. The van der Waals surface area contributed by atoms with E-state index in [1.807, 2.05) is 43.3 Å². The molecule has 0 aliphatic carbocycles. The minimum Gasteiger partial charge on any atom is -0.494 e. The van der Waals surface area contributed by atoms with E-state index in [9.17, 15) is 4.79 Å². The first kappa shape index (κ1) is 20.8. The first-order chi connectivity index (χ1) is 14.0. The number of nitrogens with zero attached hydrogens (tertiary/aromatic N) is 4. The van der Waals surface area contributed by atoms with Crippen LogP contribution >= 0.6 is 0 Å². The topological polar surface area (TPSA) is 69.5 Å². The summed E-state index contributed by atoms with van der Waals surface area (Å²) in [6, 6.07) is 11.8. The van der Waals surface area contributed by atoms with Crippen molar-refractivity contribution in [3.8, 4) is 17.0 Å². The van der Waals surface area contributed by atoms with Crippen LogP contribution in [0.1, 0.15) is 19.0 Å². The molecule has 0 unspecified atom stereocenters. The van der Waals surface area contributed by atoms with E-state index in [1.165, 1.54) is 0 Å². The van der Waals surface area contributed by atoms with Gasteiger partial charge in [-0.1, -0.05) is 0 Å². The van der Waals surface area contributed by atoms with Gasteiger partial charge in [-0.2, -0.15) is 5.10 Å². The molecule has 2 aromatic heterocycles. The van der Waals surface area contributed by atoms with Gasteiger partial charge in [0.2, 0.25) is 0 Å². The maximum absolute atomic E-state index is 12.0. The maximum Gasteiger partial charge on any atom is 0.327 e. The molecule has 0 saturated carbocycles. The van der Waals surface area contributed by atoms with Crippen LogP contribution in [-0.2, 0) is 16.1 Å². The zero-order chi connectivity index (χ0) is 20.8. The number of ether oxygens (including phenoxy) is 2. The third kappa shape index (κ3) is 5.32. The van der Waals surface area contributed by atoms with Crippen molar-refractivity contribution in [1.29, 1.82) is 0 Å². The molecular weight excluding hydrogens is 368 g/mol. The number of hydrogen-bond donors (Lipinski definition) is 0. The minimum absolute atomic E-state index is 0.0356. The van der Waals surface area contributed by atoms with Crippen LogP contribution < -0.4 is 4.74 Å². The normalized spacial score (nSPS) is 11.2. The Kier molecular flexibility index (Phi) is 6.82. The van der Waals surface area contributed by atoms with Crippen LogP contribution in [0.15, 0.2) is 36.4 Å². The highest BCUT2D eigenvalue weighted by atomic mass is 16.5. The Morgan fingerprint density at radius 1 is 1.14 bits per heavy atom. The van der Waals surface area contributed by atoms with Crippen LogP contribution in [0.25, 0.3) is 22.3 Å². The highest BCUT2D eigenvalue weighted by molar-refractivity contribution is 5.92. The molecule has 0 amide bonds. The van der Waals surface area contributed by atoms with Gasteiger partial charge >= 0.3 is 5.97 Å². The van der Waals surface area contributed by atoms with Gasteiger partial charge in [0.05, 0.1) is 13.2 Å². The number of aromatic nitrogens is 3. The van der Waals surface area contributed by atoms with Gasteiger partial charge in [0.15, 0.2) is 5.65 Å². The standard InChI is InChI=1S/C22H28N4O3/c1-5-28-20(27)15-26-22-19(12-7-16(2)23-22)21(24-26)17-8-10-18(11-9-17)29-14-6-13-25(3)4/h7-12H,5-6,13-15H2,1-4H3. The second-order valence-electron chi connectivity index (χ2n) is 7.16. The van der Waals surface area contributed by atoms with Crippen molar-refractivity contribution in [2.75, 3.05) is 33.9 Å². The van der Waals surface area contributed by atoms with E-state index in [0.29, 0.717) is 18.9 Å². The van der Waals surface area contributed by atoms with Crippen LogP contribution in [0.2, 0.25) is 0 Å². The number of hydrogen-bond acceptors (Lipinski definition) is 6. The van der Waals surface area contributed by atoms with Crippen LogP contribution in [0.5, 0.6) is 5.75 Å². The van der Waals surface area contributed by atoms with Gasteiger partial charge in [-0.15, -0.1) is 0 Å². The molecule has 154 valence electrons. The van der Waals surface area contributed by atoms with Gasteiger partial charge in [0, 0.05) is 23.2 Å². The summed E-state index contributed by atoms with van der Waals surface area (Å²) < 4.78 is 12.5. The minimum atomic E-state index is -0.326. The lowest BCUT2D eigenvalue weighted by Crippen LogP contribution is -2.15. The van der Waals surface area contributed by atoms with E-state index >= 15 is 0 Å². The van der Waals surface area contributed by atoms with Gasteiger partial charge < -0.3 is 14.4 Å². The van der Waals surface area contributed by atoms with E-state index < -0.39 is 0 Å². The van der Waals surface area contributed by atoms with E-state index in [2.05, 4.69) is 29.1 Å². The molecule has 0 atom stereocenters. The molecule has 0 N–H and O–H groups in total. The Labute approximate surface area is 171 Å². The van der Waals surface area contributed by atoms with Gasteiger partial charge in [0.1, 0.15) is 18.0 Å². The van der Waals surface area contributed by atoms with Crippen molar-refractivity contribution in [3.05, 3.63) is 42.1 Å². The van der Waals surface area contributed by atoms with Crippen LogP contribution in [0.4, 0.5) is 0 Å². The molecule has 29 heavy (non-hydrogen) atoms. The molecule has 0 aliphatic heterocycles. The quantitative estimate of drug-likeness (QED) is 0.408. The fourth-order valence-corrected chi connectivity index (χ4v) is 3.08. The van der Waals surface area contributed by atoms with E-state index in [1.54, 1.807) is 11.6 Å². The zero-order valence-corrected chi connectivity index (χ0v) is 17.5. The summed E-state index contributed by atoms with van der Waals surface area (Å²) in [5.74, 6) is 0.505. The smallest absolute Gasteiger partial charge is 0.327 e. The van der Waals surface area contributed by atoms with Gasteiger partial charge in [0.25, 0.3) is 0 Å². The number of esters is 1. The average Bonchev–Trinajstić information content (AvgIpc) is 3.03. The van der Waals surface area contributed by atoms with Crippen molar-refractivity contribution < 1.29 is 14.3 Å². The van der Waals surface area contributed by atoms with Crippen molar-refractivity contribution >= 4 is 17.0 Å². The monoisotopic (exact) mass is 396 g/mol. The summed E-state index contributed by atoms with van der Waals surface area (Å²) >= 11 is 0. The number of pyridine rings is 1. The first-order valence-corrected chi connectivity index (χ1v) is 9.85. The summed E-state index contributed by atoms with van der Waals surface area (Å²) in [6.07, 6.45) is 0.975. The second kappa shape index (κ2) is 9.52. The highest BCUT2D eigenvalue weighted by Crippen LogP contribution is 2.28. The van der Waals surface area contributed by atoms with E-state index in [-0.39, 0.29) is 12.5 Å². The van der Waals surface area contributed by atoms with Gasteiger partial charge in [-0.25, -0.2) is 9.67 Å². The zero-order valence-electron chi connectivity index (χ0n) is 17.5. The lowest BCUT2D eigenvalue weighted by molar-refractivity contribution is -0.143. The van der Waals surface area contributed by atoms with Crippen LogP contribution in [-0.4, -0.2) is 59.5 Å². The fourth-order valence-electron chi connectivity index (χ4n) is 3.08. The van der Waals surface area contributed by atoms with Crippen molar-refractivity contribution in [2.24, 2.45) is 0 Å². The Morgan fingerprint density at radius 2 is 1.90 bits per heavy atom. The first-order valence-electron chi connectivity index (χ1n) is 9.85. The molecule has 0 bridgehead atoms. The van der Waals surface area contributed by atoms with Crippen LogP contribution in [0.3, 0.4) is 0 Å². The number of fused-ring (bicyclic) bond motifs is 1. The second-order valence-corrected chi connectivity index (χ2v) is 7.16. The summed E-state index contributed by atoms with van der Waals surface area (Å²) in [6.45, 7) is 5.76. The maximum atomic E-state index is 12.0. The average molecular weight is 396 g/mol. The van der Waals surface area contributed by atoms with Gasteiger partial charge in [-0.05, 0) is 70.8 Å². The van der Waals surface area contributed by atoms with E-state index in [0.717, 1.165) is 41.1 Å². The Bertz CT molecular complexity index is 964. The van der Waals surface area contributed by atoms with Crippen molar-refractivity contribution in [1.82, 2.24) is 19.7 Å². The molecule has 3 aromatic rings. The van der Waals surface area contributed by atoms with Crippen molar-refractivity contribution in [2.45, 2.75) is 26.8 Å². The molecular formula is C22H28N4O3. The molecule has 0 saturated heterocycles. The predicted octanol–water partition coefficient (Wildman–Crippen LogP) is 3.30. The number of carbonyl (C=O) groups excluding carboxylic acids is 1. The summed E-state index contributed by atoms with van der Waals surface area (Å²) in [7, 11) is 4.10. The largest absolute Gasteiger partial charge is 0.494 e. The molecule has 3 rings (SSSR count). The SMILES string of the molecule is CCOC(=O)Cn1nc(-c2ccc(OCCCN(C)C)cc2)c2ccc(C)nc21. The molecule has 7 nitrogen and oxygen atoms in total. The Hall–Kier alpha value is -2.93. The van der Waals surface area contributed by atoms with Crippen molar-refractivity contribution in [3.63, 3.8) is 0 Å². The number of rotatable bonds is 9. The number of carbonyl (C=O) groups is 1. The summed E-state index contributed by atoms with van der Waals surface area (Å²) in [5.41, 5.74) is 3.28. The summed E-state index contributed by atoms with van der Waals surface area (Å²) in [4.78, 5) is 18.7. The fraction of sp³-hybridized carbons (Fsp3) is 0.409. The third-order valence-corrected chi connectivity index (χ3v) is 4.47. The molecule has 0 spiro atoms.